The monoisotopic (exact) mass is 469 g/mol. The highest BCUT2D eigenvalue weighted by Gasteiger charge is 2.66. The van der Waals surface area contributed by atoms with Crippen LogP contribution in [0.5, 0.6) is 5.75 Å². The van der Waals surface area contributed by atoms with E-state index in [1.807, 2.05) is 0 Å². The summed E-state index contributed by atoms with van der Waals surface area (Å²) in [5.74, 6) is -9.45. The van der Waals surface area contributed by atoms with Gasteiger partial charge in [-0.2, -0.15) is 0 Å². The normalized spacial score (nSPS) is 32.6. The number of aromatic hydroxyl groups is 1. The van der Waals surface area contributed by atoms with Crippen LogP contribution in [-0.4, -0.2) is 55.6 Å². The number of esters is 1. The second-order valence-electron chi connectivity index (χ2n) is 9.41. The molecule has 1 aromatic rings. The number of aliphatic hydroxyl groups is 3. The molecular formula is C24H23NO9. The average Bonchev–Trinajstić information content (AvgIpc) is 3.61. The summed E-state index contributed by atoms with van der Waals surface area (Å²) in [5, 5.41) is 43.8. The van der Waals surface area contributed by atoms with E-state index >= 15 is 0 Å². The summed E-state index contributed by atoms with van der Waals surface area (Å²) in [6.07, 6.45) is -0.656. The Balaban J connectivity index is 1.77. The van der Waals surface area contributed by atoms with Crippen LogP contribution in [-0.2, 0) is 23.9 Å². The third-order valence-electron chi connectivity index (χ3n) is 7.50. The van der Waals surface area contributed by atoms with Crippen LogP contribution in [0.2, 0.25) is 0 Å². The number of phenols is 1. The van der Waals surface area contributed by atoms with Gasteiger partial charge < -0.3 is 30.9 Å². The number of fused-ring (bicyclic) bond motifs is 3. The first-order valence-electron chi connectivity index (χ1n) is 11.0. The number of Topliss-reactive ketones (excluding diaryl/α,β-unsaturated/α-hetero) is 2. The van der Waals surface area contributed by atoms with Gasteiger partial charge in [0.15, 0.2) is 11.4 Å². The van der Waals surface area contributed by atoms with Crippen molar-refractivity contribution in [2.24, 2.45) is 23.5 Å². The van der Waals surface area contributed by atoms with Crippen molar-refractivity contribution in [3.05, 3.63) is 46.2 Å². The first kappa shape index (κ1) is 22.1. The lowest BCUT2D eigenvalue weighted by Gasteiger charge is -2.51. The maximum absolute atomic E-state index is 13.7. The first-order chi connectivity index (χ1) is 16.0. The minimum atomic E-state index is -2.84. The molecule has 0 radical (unpaired) electrons. The second-order valence-corrected chi connectivity index (χ2v) is 9.41. The third kappa shape index (κ3) is 2.78. The molecule has 2 fully saturated rings. The Morgan fingerprint density at radius 3 is 2.44 bits per heavy atom. The molecule has 178 valence electrons. The van der Waals surface area contributed by atoms with Crippen LogP contribution in [0.1, 0.15) is 43.2 Å². The van der Waals surface area contributed by atoms with E-state index in [4.69, 9.17) is 10.5 Å². The van der Waals surface area contributed by atoms with Crippen molar-refractivity contribution in [3.8, 4) is 5.75 Å². The SMILES string of the molecule is C[C@H]1c2cccc(O)c2C(O)=C2C(=O)[C@]3(O)C(O)=C(C(N)=O)C(=O)C[C@@H]3[C@@H](OC(=O)C3CC3)[C@@H]21. The van der Waals surface area contributed by atoms with E-state index in [0.717, 1.165) is 0 Å². The molecule has 10 nitrogen and oxygen atoms in total. The van der Waals surface area contributed by atoms with Crippen LogP contribution >= 0.6 is 0 Å². The summed E-state index contributed by atoms with van der Waals surface area (Å²) in [5.41, 5.74) is 1.57. The van der Waals surface area contributed by atoms with E-state index in [2.05, 4.69) is 0 Å². The van der Waals surface area contributed by atoms with Gasteiger partial charge in [0.05, 0.1) is 11.5 Å². The average molecular weight is 469 g/mol. The van der Waals surface area contributed by atoms with Crippen molar-refractivity contribution in [1.82, 2.24) is 0 Å². The number of nitrogens with two attached hydrogens (primary N) is 1. The van der Waals surface area contributed by atoms with Gasteiger partial charge in [0.25, 0.3) is 5.91 Å². The molecule has 5 rings (SSSR count). The molecule has 0 spiro atoms. The van der Waals surface area contributed by atoms with Crippen molar-refractivity contribution in [1.29, 1.82) is 0 Å². The van der Waals surface area contributed by atoms with Crippen LogP contribution in [0.4, 0.5) is 0 Å². The number of aliphatic hydroxyl groups excluding tert-OH is 2. The van der Waals surface area contributed by atoms with Gasteiger partial charge in [-0.1, -0.05) is 19.1 Å². The summed E-state index contributed by atoms with van der Waals surface area (Å²) < 4.78 is 5.76. The van der Waals surface area contributed by atoms with Crippen LogP contribution in [0.25, 0.3) is 5.76 Å². The van der Waals surface area contributed by atoms with Crippen LogP contribution in [0, 0.1) is 17.8 Å². The molecule has 6 N–H and O–H groups in total. The molecule has 0 saturated heterocycles. The molecular weight excluding hydrogens is 446 g/mol. The van der Waals surface area contributed by atoms with Gasteiger partial charge in [0.2, 0.25) is 5.78 Å². The minimum Gasteiger partial charge on any atom is -0.508 e. The minimum absolute atomic E-state index is 0.0191. The molecule has 4 aliphatic rings. The maximum atomic E-state index is 13.7. The maximum Gasteiger partial charge on any atom is 0.309 e. The fourth-order valence-electron chi connectivity index (χ4n) is 5.63. The zero-order chi connectivity index (χ0) is 24.7. The summed E-state index contributed by atoms with van der Waals surface area (Å²) >= 11 is 0. The number of carbonyl (C=O) groups is 4. The van der Waals surface area contributed by atoms with Gasteiger partial charge in [0, 0.05) is 23.8 Å². The highest BCUT2D eigenvalue weighted by molar-refractivity contribution is 6.23. The largest absolute Gasteiger partial charge is 0.508 e. The summed E-state index contributed by atoms with van der Waals surface area (Å²) in [6, 6.07) is 4.53. The van der Waals surface area contributed by atoms with E-state index in [1.54, 1.807) is 19.1 Å². The molecule has 0 bridgehead atoms. The predicted octanol–water partition coefficient (Wildman–Crippen LogP) is 0.917. The van der Waals surface area contributed by atoms with E-state index in [9.17, 15) is 39.6 Å². The van der Waals surface area contributed by atoms with Crippen LogP contribution in [0.3, 0.4) is 0 Å². The lowest BCUT2D eigenvalue weighted by molar-refractivity contribution is -0.179. The van der Waals surface area contributed by atoms with Gasteiger partial charge in [0.1, 0.15) is 28.9 Å². The molecule has 0 heterocycles. The molecule has 0 unspecified atom stereocenters. The van der Waals surface area contributed by atoms with Crippen LogP contribution in [0.15, 0.2) is 35.1 Å². The molecule has 1 amide bonds. The van der Waals surface area contributed by atoms with Crippen LogP contribution < -0.4 is 5.73 Å². The topological polar surface area (TPSA) is 184 Å². The first-order valence-corrected chi connectivity index (χ1v) is 11.0. The quantitative estimate of drug-likeness (QED) is 0.317. The predicted molar refractivity (Wildman–Crippen MR) is 114 cm³/mol. The molecule has 1 aromatic carbocycles. The fourth-order valence-corrected chi connectivity index (χ4v) is 5.63. The smallest absolute Gasteiger partial charge is 0.309 e. The van der Waals surface area contributed by atoms with Gasteiger partial charge >= 0.3 is 5.97 Å². The number of ketones is 2. The number of primary amides is 1. The number of carbonyl (C=O) groups excluding carboxylic acids is 4. The Labute approximate surface area is 193 Å². The Kier molecular flexibility index (Phi) is 4.67. The highest BCUT2D eigenvalue weighted by Crippen LogP contribution is 2.56. The zero-order valence-electron chi connectivity index (χ0n) is 18.1. The molecule has 34 heavy (non-hydrogen) atoms. The number of hydrogen-bond donors (Lipinski definition) is 5. The Hall–Kier alpha value is -3.66. The van der Waals surface area contributed by atoms with Crippen molar-refractivity contribution in [3.63, 3.8) is 0 Å². The lowest BCUT2D eigenvalue weighted by atomic mass is 9.55. The van der Waals surface area contributed by atoms with E-state index in [1.165, 1.54) is 6.07 Å². The van der Waals surface area contributed by atoms with Gasteiger partial charge in [-0.15, -0.1) is 0 Å². The molecule has 2 saturated carbocycles. The van der Waals surface area contributed by atoms with Crippen molar-refractivity contribution in [2.45, 2.75) is 43.8 Å². The van der Waals surface area contributed by atoms with Crippen molar-refractivity contribution in [2.75, 3.05) is 0 Å². The highest BCUT2D eigenvalue weighted by atomic mass is 16.5. The molecule has 10 heteroatoms. The Bertz CT molecular complexity index is 1240. The number of rotatable bonds is 3. The van der Waals surface area contributed by atoms with Crippen molar-refractivity contribution < 1.29 is 44.3 Å². The molecule has 5 atom stereocenters. The lowest BCUT2D eigenvalue weighted by Crippen LogP contribution is -2.64. The molecule has 0 aromatic heterocycles. The number of ether oxygens (including phenoxy) is 1. The van der Waals surface area contributed by atoms with E-state index < -0.39 is 76.4 Å². The van der Waals surface area contributed by atoms with E-state index in [-0.39, 0.29) is 22.8 Å². The Morgan fingerprint density at radius 1 is 1.15 bits per heavy atom. The fraction of sp³-hybridized carbons (Fsp3) is 0.417. The van der Waals surface area contributed by atoms with Crippen molar-refractivity contribution >= 4 is 29.2 Å². The molecule has 0 aliphatic heterocycles. The van der Waals surface area contributed by atoms with E-state index in [0.29, 0.717) is 18.4 Å². The summed E-state index contributed by atoms with van der Waals surface area (Å²) in [4.78, 5) is 50.9. The standard InChI is InChI=1S/C24H23NO9/c1-8-10-3-2-4-12(26)15(10)18(28)17-14(8)19(34-23(32)9-5-6-9)11-7-13(27)16(22(25)31)20(29)24(11,33)21(17)30/h2-4,8-9,11,14,19,26,28-29,33H,5-7H2,1H3,(H2,25,31)/t8-,11+,14+,19+,24+/m0/s1. The number of hydrogen-bond acceptors (Lipinski definition) is 9. The van der Waals surface area contributed by atoms with Gasteiger partial charge in [-0.05, 0) is 30.4 Å². The number of amides is 1. The molecule has 4 aliphatic carbocycles. The third-order valence-corrected chi connectivity index (χ3v) is 7.50. The number of phenolic OH excluding ortho intramolecular Hbond substituents is 1. The number of benzene rings is 1. The Morgan fingerprint density at radius 2 is 1.82 bits per heavy atom. The zero-order valence-corrected chi connectivity index (χ0v) is 18.1. The van der Waals surface area contributed by atoms with Gasteiger partial charge in [-0.3, -0.25) is 19.2 Å². The van der Waals surface area contributed by atoms with Gasteiger partial charge in [-0.25, -0.2) is 0 Å². The second kappa shape index (κ2) is 7.17. The summed E-state index contributed by atoms with van der Waals surface area (Å²) in [7, 11) is 0. The summed E-state index contributed by atoms with van der Waals surface area (Å²) in [6.45, 7) is 1.71.